The number of aromatic hydroxyl groups is 1. The molecule has 0 spiro atoms. The van der Waals surface area contributed by atoms with Crippen molar-refractivity contribution in [3.63, 3.8) is 0 Å². The van der Waals surface area contributed by atoms with E-state index in [1.54, 1.807) is 6.07 Å². The lowest BCUT2D eigenvalue weighted by Crippen LogP contribution is -1.87. The van der Waals surface area contributed by atoms with Crippen molar-refractivity contribution in [3.05, 3.63) is 27.3 Å². The van der Waals surface area contributed by atoms with E-state index in [4.69, 9.17) is 0 Å². The average molecular weight is 304 g/mol. The van der Waals surface area contributed by atoms with E-state index in [0.29, 0.717) is 5.75 Å². The lowest BCUT2D eigenvalue weighted by molar-refractivity contribution is 0.471. The lowest BCUT2D eigenvalue weighted by Gasteiger charge is -2.03. The van der Waals surface area contributed by atoms with Gasteiger partial charge in [-0.05, 0) is 53.1 Å². The van der Waals surface area contributed by atoms with Crippen molar-refractivity contribution < 1.29 is 5.11 Å². The van der Waals surface area contributed by atoms with E-state index in [2.05, 4.69) is 35.6 Å². The van der Waals surface area contributed by atoms with Gasteiger partial charge in [-0.3, -0.25) is 0 Å². The van der Waals surface area contributed by atoms with Gasteiger partial charge in [0.05, 0.1) is 3.57 Å². The number of phenols is 1. The molecule has 0 bridgehead atoms. The molecule has 0 saturated heterocycles. The number of unbranched alkanes of at least 4 members (excludes halogenated alkanes) is 3. The van der Waals surface area contributed by atoms with Gasteiger partial charge in [0.15, 0.2) is 0 Å². The van der Waals surface area contributed by atoms with Crippen LogP contribution in [0.15, 0.2) is 18.2 Å². The smallest absolute Gasteiger partial charge is 0.128 e. The largest absolute Gasteiger partial charge is 0.507 e. The monoisotopic (exact) mass is 304 g/mol. The van der Waals surface area contributed by atoms with Crippen LogP contribution in [0.25, 0.3) is 0 Å². The summed E-state index contributed by atoms with van der Waals surface area (Å²) in [5, 5.41) is 9.35. The number of hydrogen-bond donors (Lipinski definition) is 1. The second kappa shape index (κ2) is 6.27. The molecule has 1 aromatic rings. The topological polar surface area (TPSA) is 20.2 Å². The van der Waals surface area contributed by atoms with E-state index in [1.165, 1.54) is 31.2 Å². The number of phenolic OH excluding ortho intramolecular Hbond substituents is 1. The molecule has 0 aliphatic heterocycles. The van der Waals surface area contributed by atoms with E-state index in [1.807, 2.05) is 6.07 Å². The first kappa shape index (κ1) is 11.8. The maximum Gasteiger partial charge on any atom is 0.128 e. The zero-order chi connectivity index (χ0) is 10.4. The van der Waals surface area contributed by atoms with Crippen LogP contribution in [0.1, 0.15) is 38.2 Å². The summed E-state index contributed by atoms with van der Waals surface area (Å²) in [5.41, 5.74) is 1.34. The average Bonchev–Trinajstić information content (AvgIpc) is 2.18. The van der Waals surface area contributed by atoms with Crippen molar-refractivity contribution in [2.45, 2.75) is 39.0 Å². The molecular weight excluding hydrogens is 287 g/mol. The van der Waals surface area contributed by atoms with Gasteiger partial charge in [-0.2, -0.15) is 0 Å². The van der Waals surface area contributed by atoms with Gasteiger partial charge in [-0.1, -0.05) is 32.3 Å². The molecule has 0 fully saturated rings. The van der Waals surface area contributed by atoms with E-state index < -0.39 is 0 Å². The molecule has 1 N–H and O–H groups in total. The third kappa shape index (κ3) is 3.86. The summed E-state index contributed by atoms with van der Waals surface area (Å²) in [6, 6.07) is 5.88. The Labute approximate surface area is 99.7 Å². The number of aryl methyl sites for hydroxylation is 1. The van der Waals surface area contributed by atoms with Crippen LogP contribution in [0.5, 0.6) is 5.75 Å². The molecule has 0 saturated carbocycles. The summed E-state index contributed by atoms with van der Waals surface area (Å²) >= 11 is 2.17. The first-order chi connectivity index (χ1) is 6.74. The molecule has 0 unspecified atom stereocenters. The second-order valence-corrected chi connectivity index (χ2v) is 4.76. The molecule has 0 aliphatic rings. The number of halogens is 1. The predicted molar refractivity (Wildman–Crippen MR) is 68.7 cm³/mol. The van der Waals surface area contributed by atoms with Crippen LogP contribution in [-0.4, -0.2) is 5.11 Å². The van der Waals surface area contributed by atoms with Gasteiger partial charge in [-0.15, -0.1) is 0 Å². The highest BCUT2D eigenvalue weighted by molar-refractivity contribution is 14.1. The number of hydrogen-bond acceptors (Lipinski definition) is 1. The summed E-state index contributed by atoms with van der Waals surface area (Å²) in [5.74, 6) is 0.392. The van der Waals surface area contributed by atoms with Crippen molar-refractivity contribution in [2.75, 3.05) is 0 Å². The molecule has 0 aromatic heterocycles. The first-order valence-corrected chi connectivity index (χ1v) is 6.29. The van der Waals surface area contributed by atoms with Crippen molar-refractivity contribution in [1.29, 1.82) is 0 Å². The third-order valence-electron chi connectivity index (χ3n) is 2.33. The highest BCUT2D eigenvalue weighted by atomic mass is 127. The van der Waals surface area contributed by atoms with Crippen LogP contribution >= 0.6 is 22.6 Å². The lowest BCUT2D eigenvalue weighted by atomic mass is 10.1. The zero-order valence-electron chi connectivity index (χ0n) is 8.59. The molecule has 2 heteroatoms. The Balaban J connectivity index is 2.39. The van der Waals surface area contributed by atoms with Gasteiger partial charge < -0.3 is 5.11 Å². The van der Waals surface area contributed by atoms with Gasteiger partial charge in [0.1, 0.15) is 5.75 Å². The van der Waals surface area contributed by atoms with E-state index in [0.717, 1.165) is 9.99 Å². The predicted octanol–water partition coefficient (Wildman–Crippen LogP) is 4.12. The molecule has 0 radical (unpaired) electrons. The van der Waals surface area contributed by atoms with Gasteiger partial charge in [0.2, 0.25) is 0 Å². The fourth-order valence-corrected chi connectivity index (χ4v) is 2.04. The van der Waals surface area contributed by atoms with Crippen LogP contribution < -0.4 is 0 Å². The highest BCUT2D eigenvalue weighted by Crippen LogP contribution is 2.21. The molecule has 14 heavy (non-hydrogen) atoms. The van der Waals surface area contributed by atoms with Gasteiger partial charge in [0.25, 0.3) is 0 Å². The summed E-state index contributed by atoms with van der Waals surface area (Å²) in [4.78, 5) is 0. The quantitative estimate of drug-likeness (QED) is 0.641. The Morgan fingerprint density at radius 1 is 1.21 bits per heavy atom. The Morgan fingerprint density at radius 3 is 2.64 bits per heavy atom. The minimum Gasteiger partial charge on any atom is -0.507 e. The fraction of sp³-hybridized carbons (Fsp3) is 0.500. The number of rotatable bonds is 5. The number of benzene rings is 1. The molecule has 0 aliphatic carbocycles. The van der Waals surface area contributed by atoms with Crippen molar-refractivity contribution in [3.8, 4) is 5.75 Å². The second-order valence-electron chi connectivity index (χ2n) is 3.60. The molecule has 1 rings (SSSR count). The van der Waals surface area contributed by atoms with E-state index in [9.17, 15) is 5.11 Å². The Bertz CT molecular complexity index is 284. The van der Waals surface area contributed by atoms with E-state index in [-0.39, 0.29) is 0 Å². The van der Waals surface area contributed by atoms with Crippen molar-refractivity contribution >= 4 is 22.6 Å². The summed E-state index contributed by atoms with van der Waals surface area (Å²) < 4.78 is 0.954. The highest BCUT2D eigenvalue weighted by Gasteiger charge is 1.99. The van der Waals surface area contributed by atoms with Gasteiger partial charge >= 0.3 is 0 Å². The minimum absolute atomic E-state index is 0.392. The van der Waals surface area contributed by atoms with Crippen LogP contribution in [-0.2, 0) is 6.42 Å². The Kier molecular flexibility index (Phi) is 5.30. The Morgan fingerprint density at radius 2 is 2.00 bits per heavy atom. The molecule has 1 aromatic carbocycles. The normalized spacial score (nSPS) is 10.4. The van der Waals surface area contributed by atoms with Crippen molar-refractivity contribution in [2.24, 2.45) is 0 Å². The molecule has 0 atom stereocenters. The van der Waals surface area contributed by atoms with E-state index >= 15 is 0 Å². The standard InChI is InChI=1S/C12H17IO/c1-2-3-4-5-6-10-7-8-12(14)11(13)9-10/h7-9,14H,2-6H2,1H3. The van der Waals surface area contributed by atoms with Crippen LogP contribution in [0.4, 0.5) is 0 Å². The molecule has 78 valence electrons. The molecular formula is C12H17IO. The van der Waals surface area contributed by atoms with Crippen molar-refractivity contribution in [1.82, 2.24) is 0 Å². The molecule has 0 amide bonds. The molecule has 1 nitrogen and oxygen atoms in total. The first-order valence-electron chi connectivity index (χ1n) is 5.21. The summed E-state index contributed by atoms with van der Waals surface area (Å²) in [6.07, 6.45) is 6.32. The maximum atomic E-state index is 9.35. The van der Waals surface area contributed by atoms with Gasteiger partial charge in [-0.25, -0.2) is 0 Å². The minimum atomic E-state index is 0.392. The SMILES string of the molecule is CCCCCCc1ccc(O)c(I)c1. The maximum absolute atomic E-state index is 9.35. The zero-order valence-corrected chi connectivity index (χ0v) is 10.8. The summed E-state index contributed by atoms with van der Waals surface area (Å²) in [7, 11) is 0. The third-order valence-corrected chi connectivity index (χ3v) is 3.20. The van der Waals surface area contributed by atoms with Crippen LogP contribution in [0.3, 0.4) is 0 Å². The summed E-state index contributed by atoms with van der Waals surface area (Å²) in [6.45, 7) is 2.23. The van der Waals surface area contributed by atoms with Crippen LogP contribution in [0.2, 0.25) is 0 Å². The Hall–Kier alpha value is -0.250. The van der Waals surface area contributed by atoms with Crippen LogP contribution in [0, 0.1) is 3.57 Å². The van der Waals surface area contributed by atoms with Gasteiger partial charge in [0, 0.05) is 0 Å². The fourth-order valence-electron chi connectivity index (χ4n) is 1.46. The molecule has 0 heterocycles.